The summed E-state index contributed by atoms with van der Waals surface area (Å²) in [6, 6.07) is 12.4. The molecule has 0 spiro atoms. The highest BCUT2D eigenvalue weighted by Gasteiger charge is 2.26. The van der Waals surface area contributed by atoms with Crippen LogP contribution in [0.25, 0.3) is 0 Å². The zero-order valence-electron chi connectivity index (χ0n) is 17.5. The lowest BCUT2D eigenvalue weighted by molar-refractivity contribution is -0.142. The molecule has 0 aliphatic heterocycles. The highest BCUT2D eigenvalue weighted by molar-refractivity contribution is 6.30. The molecule has 0 saturated carbocycles. The molecule has 2 amide bonds. The Morgan fingerprint density at radius 3 is 2.59 bits per heavy atom. The number of amides is 2. The fourth-order valence-electron chi connectivity index (χ4n) is 2.91. The lowest BCUT2D eigenvalue weighted by atomic mass is 10.1. The first-order chi connectivity index (χ1) is 13.8. The molecule has 0 aliphatic carbocycles. The molecule has 0 radical (unpaired) electrons. The fraction of sp³-hybridized carbons (Fsp3) is 0.391. The number of ether oxygens (including phenoxy) is 1. The molecule has 1 N–H and O–H groups in total. The maximum absolute atomic E-state index is 13.0. The second-order valence-corrected chi connectivity index (χ2v) is 7.54. The van der Waals surface area contributed by atoms with Gasteiger partial charge >= 0.3 is 0 Å². The minimum atomic E-state index is -0.629. The van der Waals surface area contributed by atoms with E-state index in [-0.39, 0.29) is 25.0 Å². The normalized spacial score (nSPS) is 11.6. The van der Waals surface area contributed by atoms with Crippen LogP contribution in [0.15, 0.2) is 42.5 Å². The molecule has 2 aromatic rings. The van der Waals surface area contributed by atoms with Crippen molar-refractivity contribution in [3.05, 3.63) is 64.2 Å². The van der Waals surface area contributed by atoms with E-state index in [2.05, 4.69) is 5.32 Å². The lowest BCUT2D eigenvalue weighted by Crippen LogP contribution is -2.49. The van der Waals surface area contributed by atoms with Gasteiger partial charge < -0.3 is 15.0 Å². The first-order valence-electron chi connectivity index (χ1n) is 9.84. The average molecular weight is 417 g/mol. The predicted octanol–water partition coefficient (Wildman–Crippen LogP) is 4.28. The molecule has 156 valence electrons. The largest absolute Gasteiger partial charge is 0.483 e. The van der Waals surface area contributed by atoms with Gasteiger partial charge in [0.15, 0.2) is 6.61 Å². The summed E-state index contributed by atoms with van der Waals surface area (Å²) in [5.41, 5.74) is 2.95. The number of benzene rings is 2. The molecule has 6 heteroatoms. The molecule has 0 saturated heterocycles. The first kappa shape index (κ1) is 22.8. The zero-order valence-corrected chi connectivity index (χ0v) is 18.3. The highest BCUT2D eigenvalue weighted by Crippen LogP contribution is 2.21. The molecule has 0 aromatic heterocycles. The average Bonchev–Trinajstić information content (AvgIpc) is 2.70. The molecule has 29 heavy (non-hydrogen) atoms. The van der Waals surface area contributed by atoms with Crippen LogP contribution in [0, 0.1) is 13.8 Å². The molecular formula is C23H29ClN2O3. The summed E-state index contributed by atoms with van der Waals surface area (Å²) in [6.45, 7) is 8.37. The molecule has 0 fully saturated rings. The second-order valence-electron chi connectivity index (χ2n) is 7.11. The smallest absolute Gasteiger partial charge is 0.261 e. The van der Waals surface area contributed by atoms with Crippen LogP contribution in [0.3, 0.4) is 0 Å². The summed E-state index contributed by atoms with van der Waals surface area (Å²) in [5.74, 6) is 0.225. The number of nitrogens with zero attached hydrogens (tertiary/aromatic N) is 1. The number of carbonyl (C=O) groups excluding carboxylic acids is 2. The molecule has 2 rings (SSSR count). The second kappa shape index (κ2) is 10.9. The molecule has 0 aliphatic rings. The molecule has 5 nitrogen and oxygen atoms in total. The Morgan fingerprint density at radius 1 is 1.17 bits per heavy atom. The van der Waals surface area contributed by atoms with Gasteiger partial charge in [-0.1, -0.05) is 42.8 Å². The van der Waals surface area contributed by atoms with Gasteiger partial charge in [0.2, 0.25) is 5.91 Å². The Kier molecular flexibility index (Phi) is 8.52. The number of rotatable bonds is 9. The van der Waals surface area contributed by atoms with Crippen LogP contribution in [-0.4, -0.2) is 35.9 Å². The molecule has 1 unspecified atom stereocenters. The number of hydrogen-bond donors (Lipinski definition) is 1. The number of carbonyl (C=O) groups is 2. The van der Waals surface area contributed by atoms with E-state index in [1.165, 1.54) is 4.90 Å². The number of hydrogen-bond acceptors (Lipinski definition) is 3. The Morgan fingerprint density at radius 2 is 1.90 bits per heavy atom. The maximum Gasteiger partial charge on any atom is 0.261 e. The van der Waals surface area contributed by atoms with Gasteiger partial charge in [0.25, 0.3) is 5.91 Å². The van der Waals surface area contributed by atoms with Gasteiger partial charge in [-0.25, -0.2) is 0 Å². The summed E-state index contributed by atoms with van der Waals surface area (Å²) in [7, 11) is 0. The lowest BCUT2D eigenvalue weighted by Gasteiger charge is -2.29. The van der Waals surface area contributed by atoms with E-state index in [4.69, 9.17) is 16.3 Å². The van der Waals surface area contributed by atoms with Gasteiger partial charge in [0.05, 0.1) is 0 Å². The van der Waals surface area contributed by atoms with Crippen LogP contribution in [-0.2, 0) is 16.1 Å². The Hall–Kier alpha value is -2.53. The third-order valence-corrected chi connectivity index (χ3v) is 5.10. The summed E-state index contributed by atoms with van der Waals surface area (Å²) in [5, 5.41) is 3.44. The quantitative estimate of drug-likeness (QED) is 0.663. The summed E-state index contributed by atoms with van der Waals surface area (Å²) < 4.78 is 5.78. The van der Waals surface area contributed by atoms with Crippen molar-refractivity contribution in [1.82, 2.24) is 10.2 Å². The summed E-state index contributed by atoms with van der Waals surface area (Å²) in [4.78, 5) is 27.0. The van der Waals surface area contributed by atoms with Crippen molar-refractivity contribution in [2.24, 2.45) is 0 Å². The van der Waals surface area contributed by atoms with Crippen LogP contribution in [0.4, 0.5) is 0 Å². The Labute approximate surface area is 178 Å². The Balaban J connectivity index is 2.17. The van der Waals surface area contributed by atoms with Crippen molar-refractivity contribution >= 4 is 23.4 Å². The van der Waals surface area contributed by atoms with E-state index in [1.54, 1.807) is 19.1 Å². The fourth-order valence-corrected chi connectivity index (χ4v) is 3.13. The van der Waals surface area contributed by atoms with Gasteiger partial charge in [-0.3, -0.25) is 9.59 Å². The van der Waals surface area contributed by atoms with Gasteiger partial charge in [-0.05, 0) is 62.1 Å². The SMILES string of the molecule is CCCNC(=O)C(C)N(Cc1cccc(Cl)c1)C(=O)COc1cccc(C)c1C. The maximum atomic E-state index is 13.0. The van der Waals surface area contributed by atoms with E-state index in [0.29, 0.717) is 17.3 Å². The first-order valence-corrected chi connectivity index (χ1v) is 10.2. The summed E-state index contributed by atoms with van der Waals surface area (Å²) in [6.07, 6.45) is 0.830. The standard InChI is InChI=1S/C23H29ClN2O3/c1-5-12-25-23(28)18(4)26(14-19-9-7-10-20(24)13-19)22(27)15-29-21-11-6-8-16(2)17(21)3/h6-11,13,18H,5,12,14-15H2,1-4H3,(H,25,28). The highest BCUT2D eigenvalue weighted by atomic mass is 35.5. The summed E-state index contributed by atoms with van der Waals surface area (Å²) >= 11 is 6.08. The van der Waals surface area contributed by atoms with Crippen LogP contribution in [0.1, 0.15) is 37.0 Å². The predicted molar refractivity (Wildman–Crippen MR) is 116 cm³/mol. The van der Waals surface area contributed by atoms with E-state index in [9.17, 15) is 9.59 Å². The van der Waals surface area contributed by atoms with Gasteiger partial charge in [0, 0.05) is 18.1 Å². The van der Waals surface area contributed by atoms with Crippen LogP contribution >= 0.6 is 11.6 Å². The third kappa shape index (κ3) is 6.50. The van der Waals surface area contributed by atoms with E-state index in [1.807, 2.05) is 51.1 Å². The van der Waals surface area contributed by atoms with Crippen LogP contribution in [0.5, 0.6) is 5.75 Å². The van der Waals surface area contributed by atoms with Gasteiger partial charge in [-0.2, -0.15) is 0 Å². The molecule has 0 bridgehead atoms. The minimum absolute atomic E-state index is 0.143. The van der Waals surface area contributed by atoms with Crippen molar-refractivity contribution in [2.45, 2.75) is 46.7 Å². The van der Waals surface area contributed by atoms with Crippen molar-refractivity contribution in [2.75, 3.05) is 13.2 Å². The topological polar surface area (TPSA) is 58.6 Å². The van der Waals surface area contributed by atoms with E-state index >= 15 is 0 Å². The van der Waals surface area contributed by atoms with Crippen molar-refractivity contribution in [3.8, 4) is 5.75 Å². The molecular weight excluding hydrogens is 388 g/mol. The number of halogens is 1. The zero-order chi connectivity index (χ0) is 21.4. The van der Waals surface area contributed by atoms with E-state index < -0.39 is 6.04 Å². The minimum Gasteiger partial charge on any atom is -0.483 e. The van der Waals surface area contributed by atoms with Crippen molar-refractivity contribution < 1.29 is 14.3 Å². The number of nitrogens with one attached hydrogen (secondary N) is 1. The Bertz CT molecular complexity index is 854. The van der Waals surface area contributed by atoms with E-state index in [0.717, 1.165) is 23.1 Å². The van der Waals surface area contributed by atoms with Gasteiger partial charge in [-0.15, -0.1) is 0 Å². The van der Waals surface area contributed by atoms with Crippen molar-refractivity contribution in [3.63, 3.8) is 0 Å². The van der Waals surface area contributed by atoms with Crippen LogP contribution < -0.4 is 10.1 Å². The molecule has 0 heterocycles. The van der Waals surface area contributed by atoms with Crippen LogP contribution in [0.2, 0.25) is 5.02 Å². The molecule has 2 aromatic carbocycles. The monoisotopic (exact) mass is 416 g/mol. The van der Waals surface area contributed by atoms with Crippen molar-refractivity contribution in [1.29, 1.82) is 0 Å². The number of aryl methyl sites for hydroxylation is 1. The molecule has 1 atom stereocenters. The van der Waals surface area contributed by atoms with Gasteiger partial charge in [0.1, 0.15) is 11.8 Å². The third-order valence-electron chi connectivity index (χ3n) is 4.86.